The van der Waals surface area contributed by atoms with Crippen molar-refractivity contribution in [3.05, 3.63) is 0 Å². The molecule has 0 aliphatic carbocycles. The maximum absolute atomic E-state index is 11.5. The Morgan fingerprint density at radius 2 is 1.90 bits per heavy atom. The van der Waals surface area contributed by atoms with Crippen molar-refractivity contribution in [3.8, 4) is 6.07 Å². The molecule has 0 aliphatic heterocycles. The van der Waals surface area contributed by atoms with Gasteiger partial charge in [-0.05, 0) is 39.5 Å². The van der Waals surface area contributed by atoms with Crippen molar-refractivity contribution in [2.45, 2.75) is 66.0 Å². The van der Waals surface area contributed by atoms with Crippen LogP contribution in [0.3, 0.4) is 0 Å². The molecule has 0 aromatic rings. The minimum Gasteiger partial charge on any atom is -0.444 e. The van der Waals surface area contributed by atoms with Gasteiger partial charge in [-0.3, -0.25) is 0 Å². The molecular weight excluding hydrogens is 254 g/mol. The molecule has 0 radical (unpaired) electrons. The molecule has 1 unspecified atom stereocenters. The van der Waals surface area contributed by atoms with Crippen molar-refractivity contribution in [3.63, 3.8) is 0 Å². The molecule has 1 amide bonds. The predicted molar refractivity (Wildman–Crippen MR) is 80.3 cm³/mol. The van der Waals surface area contributed by atoms with Gasteiger partial charge in [-0.1, -0.05) is 13.8 Å². The number of alkyl carbamates (subject to hydrolysis) is 1. The molecule has 0 bridgehead atoms. The van der Waals surface area contributed by atoms with Crippen LogP contribution in [-0.4, -0.2) is 30.8 Å². The van der Waals surface area contributed by atoms with E-state index in [0.717, 1.165) is 13.0 Å². The topological polar surface area (TPSA) is 74.2 Å². The van der Waals surface area contributed by atoms with Gasteiger partial charge in [0.25, 0.3) is 0 Å². The zero-order chi connectivity index (χ0) is 15.8. The summed E-state index contributed by atoms with van der Waals surface area (Å²) in [5, 5.41) is 14.7. The van der Waals surface area contributed by atoms with Gasteiger partial charge in [0.15, 0.2) is 0 Å². The number of nitriles is 1. The van der Waals surface area contributed by atoms with Crippen molar-refractivity contribution in [1.29, 1.82) is 5.26 Å². The summed E-state index contributed by atoms with van der Waals surface area (Å²) in [4.78, 5) is 11.5. The molecular formula is C15H29N3O2. The first kappa shape index (κ1) is 18.7. The van der Waals surface area contributed by atoms with Gasteiger partial charge in [-0.15, -0.1) is 0 Å². The van der Waals surface area contributed by atoms with Gasteiger partial charge >= 0.3 is 6.09 Å². The van der Waals surface area contributed by atoms with E-state index >= 15 is 0 Å². The summed E-state index contributed by atoms with van der Waals surface area (Å²) in [7, 11) is 0. The number of nitrogens with one attached hydrogen (secondary N) is 2. The van der Waals surface area contributed by atoms with Crippen LogP contribution >= 0.6 is 0 Å². The van der Waals surface area contributed by atoms with Gasteiger partial charge in [0.2, 0.25) is 0 Å². The highest BCUT2D eigenvalue weighted by atomic mass is 16.6. The molecule has 0 rings (SSSR count). The lowest BCUT2D eigenvalue weighted by atomic mass is 9.88. The summed E-state index contributed by atoms with van der Waals surface area (Å²) < 4.78 is 5.17. The third-order valence-corrected chi connectivity index (χ3v) is 2.79. The Balaban J connectivity index is 3.92. The lowest BCUT2D eigenvalue weighted by Gasteiger charge is -2.27. The number of nitrogens with zero attached hydrogens (tertiary/aromatic N) is 1. The van der Waals surface area contributed by atoms with E-state index in [4.69, 9.17) is 10.00 Å². The maximum Gasteiger partial charge on any atom is 0.407 e. The van der Waals surface area contributed by atoms with E-state index < -0.39 is 11.7 Å². The summed E-state index contributed by atoms with van der Waals surface area (Å²) >= 11 is 0. The van der Waals surface area contributed by atoms with Crippen LogP contribution in [0.2, 0.25) is 0 Å². The molecule has 0 fully saturated rings. The fourth-order valence-corrected chi connectivity index (χ4v) is 1.56. The standard InChI is InChI=1S/C15H29N3O2/c1-12(10-17-13(19)20-14(2,3)4)18-11-15(5,6)8-7-9-16/h12,18H,7-8,10-11H2,1-6H3,(H,17,19). The summed E-state index contributed by atoms with van der Waals surface area (Å²) in [6, 6.07) is 2.33. The van der Waals surface area contributed by atoms with Gasteiger partial charge in [0.1, 0.15) is 5.60 Å². The molecule has 0 aliphatic rings. The van der Waals surface area contributed by atoms with Crippen molar-refractivity contribution in [2.75, 3.05) is 13.1 Å². The number of hydrogen-bond acceptors (Lipinski definition) is 4. The van der Waals surface area contributed by atoms with Crippen molar-refractivity contribution in [2.24, 2.45) is 5.41 Å². The molecule has 0 saturated carbocycles. The van der Waals surface area contributed by atoms with E-state index in [1.807, 2.05) is 27.7 Å². The molecule has 2 N–H and O–H groups in total. The molecule has 5 nitrogen and oxygen atoms in total. The van der Waals surface area contributed by atoms with Gasteiger partial charge in [0.05, 0.1) is 6.07 Å². The number of ether oxygens (including phenoxy) is 1. The average molecular weight is 283 g/mol. The summed E-state index contributed by atoms with van der Waals surface area (Å²) in [5.41, 5.74) is -0.393. The second kappa shape index (κ2) is 8.11. The number of rotatable bonds is 7. The quantitative estimate of drug-likeness (QED) is 0.753. The van der Waals surface area contributed by atoms with Crippen LogP contribution in [-0.2, 0) is 4.74 Å². The molecule has 1 atom stereocenters. The summed E-state index contributed by atoms with van der Waals surface area (Å²) in [6.45, 7) is 13.1. The number of amides is 1. The van der Waals surface area contributed by atoms with Crippen LogP contribution in [0.5, 0.6) is 0 Å². The van der Waals surface area contributed by atoms with Crippen LogP contribution in [0.25, 0.3) is 0 Å². The highest BCUT2D eigenvalue weighted by Gasteiger charge is 2.19. The van der Waals surface area contributed by atoms with E-state index in [2.05, 4.69) is 30.6 Å². The Morgan fingerprint density at radius 3 is 2.40 bits per heavy atom. The zero-order valence-electron chi connectivity index (χ0n) is 13.7. The van der Waals surface area contributed by atoms with E-state index in [1.165, 1.54) is 0 Å². The van der Waals surface area contributed by atoms with Gasteiger partial charge in [-0.25, -0.2) is 4.79 Å². The van der Waals surface area contributed by atoms with Gasteiger partial charge in [-0.2, -0.15) is 5.26 Å². The predicted octanol–water partition coefficient (Wildman–Crippen LogP) is 2.82. The Hall–Kier alpha value is -1.28. The minimum atomic E-state index is -0.472. The SMILES string of the molecule is CC(CNC(=O)OC(C)(C)C)NCC(C)(C)CCC#N. The van der Waals surface area contributed by atoms with E-state index in [9.17, 15) is 4.79 Å². The second-order valence-corrected chi connectivity index (χ2v) is 6.99. The average Bonchev–Trinajstić information content (AvgIpc) is 2.29. The summed E-state index contributed by atoms with van der Waals surface area (Å²) in [6.07, 6.45) is 1.04. The Kier molecular flexibility index (Phi) is 7.59. The first-order chi connectivity index (χ1) is 9.06. The van der Waals surface area contributed by atoms with Crippen LogP contribution in [0.4, 0.5) is 4.79 Å². The molecule has 0 aromatic heterocycles. The first-order valence-corrected chi connectivity index (χ1v) is 7.13. The number of carbonyl (C=O) groups is 1. The van der Waals surface area contributed by atoms with E-state index in [1.54, 1.807) is 0 Å². The van der Waals surface area contributed by atoms with E-state index in [0.29, 0.717) is 13.0 Å². The molecule has 0 saturated heterocycles. The Morgan fingerprint density at radius 1 is 1.30 bits per heavy atom. The Bertz CT molecular complexity index is 340. The van der Waals surface area contributed by atoms with Crippen molar-refractivity contribution in [1.82, 2.24) is 10.6 Å². The van der Waals surface area contributed by atoms with Crippen LogP contribution < -0.4 is 10.6 Å². The van der Waals surface area contributed by atoms with Gasteiger partial charge < -0.3 is 15.4 Å². The molecule has 0 spiro atoms. The van der Waals surface area contributed by atoms with Crippen LogP contribution in [0, 0.1) is 16.7 Å². The van der Waals surface area contributed by atoms with E-state index in [-0.39, 0.29) is 11.5 Å². The number of hydrogen-bond donors (Lipinski definition) is 2. The highest BCUT2D eigenvalue weighted by Crippen LogP contribution is 2.20. The molecule has 5 heteroatoms. The molecule has 0 aromatic carbocycles. The summed E-state index contributed by atoms with van der Waals surface area (Å²) in [5.74, 6) is 0. The fourth-order valence-electron chi connectivity index (χ4n) is 1.56. The van der Waals surface area contributed by atoms with Crippen molar-refractivity contribution < 1.29 is 9.53 Å². The second-order valence-electron chi connectivity index (χ2n) is 6.99. The lowest BCUT2D eigenvalue weighted by molar-refractivity contribution is 0.0523. The zero-order valence-corrected chi connectivity index (χ0v) is 13.7. The smallest absolute Gasteiger partial charge is 0.407 e. The molecule has 116 valence electrons. The van der Waals surface area contributed by atoms with Crippen molar-refractivity contribution >= 4 is 6.09 Å². The normalized spacial score (nSPS) is 13.4. The van der Waals surface area contributed by atoms with Crippen LogP contribution in [0.15, 0.2) is 0 Å². The van der Waals surface area contributed by atoms with Gasteiger partial charge in [0, 0.05) is 25.6 Å². The van der Waals surface area contributed by atoms with Crippen LogP contribution in [0.1, 0.15) is 54.4 Å². The molecule has 20 heavy (non-hydrogen) atoms. The number of carbonyl (C=O) groups excluding carboxylic acids is 1. The highest BCUT2D eigenvalue weighted by molar-refractivity contribution is 5.67. The third kappa shape index (κ3) is 10.6. The maximum atomic E-state index is 11.5. The lowest BCUT2D eigenvalue weighted by Crippen LogP contribution is -2.43. The largest absolute Gasteiger partial charge is 0.444 e. The monoisotopic (exact) mass is 283 g/mol. The minimum absolute atomic E-state index is 0.0793. The molecule has 0 heterocycles. The fraction of sp³-hybridized carbons (Fsp3) is 0.867. The Labute approximate surface area is 123 Å². The third-order valence-electron chi connectivity index (χ3n) is 2.79. The first-order valence-electron chi connectivity index (χ1n) is 7.13.